The van der Waals surface area contributed by atoms with Crippen LogP contribution < -0.4 is 0 Å². The summed E-state index contributed by atoms with van der Waals surface area (Å²) in [6.45, 7) is 2.09. The van der Waals surface area contributed by atoms with Gasteiger partial charge in [-0.3, -0.25) is 4.98 Å². The minimum absolute atomic E-state index is 0.157. The van der Waals surface area contributed by atoms with E-state index in [4.69, 9.17) is 11.6 Å². The van der Waals surface area contributed by atoms with Crippen LogP contribution in [0, 0.1) is 0 Å². The van der Waals surface area contributed by atoms with Crippen molar-refractivity contribution in [2.45, 2.75) is 45.1 Å². The molecule has 1 rings (SSSR count). The zero-order valence-electron chi connectivity index (χ0n) is 9.12. The average Bonchev–Trinajstić information content (AvgIpc) is 2.21. The molecular formula is C12H18ClNO. The highest BCUT2D eigenvalue weighted by molar-refractivity contribution is 6.31. The van der Waals surface area contributed by atoms with Crippen molar-refractivity contribution in [3.63, 3.8) is 0 Å². The lowest BCUT2D eigenvalue weighted by Gasteiger charge is -2.09. The highest BCUT2D eigenvalue weighted by atomic mass is 35.5. The Morgan fingerprint density at radius 2 is 2.27 bits per heavy atom. The van der Waals surface area contributed by atoms with Crippen LogP contribution in [0.15, 0.2) is 18.5 Å². The number of hydrogen-bond donors (Lipinski definition) is 1. The normalized spacial score (nSPS) is 12.7. The molecule has 0 aliphatic rings. The predicted molar refractivity (Wildman–Crippen MR) is 63.1 cm³/mol. The maximum absolute atomic E-state index is 9.55. The first-order chi connectivity index (χ1) is 7.24. The molecule has 84 valence electrons. The van der Waals surface area contributed by atoms with Gasteiger partial charge in [-0.05, 0) is 37.3 Å². The van der Waals surface area contributed by atoms with Crippen LogP contribution in [0.1, 0.15) is 38.2 Å². The van der Waals surface area contributed by atoms with Crippen molar-refractivity contribution in [1.82, 2.24) is 4.98 Å². The monoisotopic (exact) mass is 227 g/mol. The van der Waals surface area contributed by atoms with Crippen molar-refractivity contribution >= 4 is 11.6 Å². The predicted octanol–water partition coefficient (Wildman–Crippen LogP) is 3.22. The van der Waals surface area contributed by atoms with Crippen LogP contribution in [0.3, 0.4) is 0 Å². The van der Waals surface area contributed by atoms with Crippen LogP contribution in [-0.4, -0.2) is 16.2 Å². The number of aryl methyl sites for hydroxylation is 1. The smallest absolute Gasteiger partial charge is 0.0621 e. The number of aliphatic hydroxyl groups excluding tert-OH is 1. The molecule has 0 bridgehead atoms. The van der Waals surface area contributed by atoms with E-state index in [2.05, 4.69) is 11.9 Å². The van der Waals surface area contributed by atoms with Gasteiger partial charge in [-0.25, -0.2) is 0 Å². The molecule has 0 fully saturated rings. The van der Waals surface area contributed by atoms with Crippen LogP contribution in [0.2, 0.25) is 5.02 Å². The highest BCUT2D eigenvalue weighted by Crippen LogP contribution is 2.16. The van der Waals surface area contributed by atoms with Gasteiger partial charge in [-0.2, -0.15) is 0 Å². The Morgan fingerprint density at radius 3 is 2.93 bits per heavy atom. The zero-order chi connectivity index (χ0) is 11.1. The van der Waals surface area contributed by atoms with Gasteiger partial charge in [0.2, 0.25) is 0 Å². The Balaban J connectivity index is 2.29. The van der Waals surface area contributed by atoms with Crippen molar-refractivity contribution in [2.75, 3.05) is 0 Å². The van der Waals surface area contributed by atoms with E-state index in [1.807, 2.05) is 6.07 Å². The summed E-state index contributed by atoms with van der Waals surface area (Å²) in [5, 5.41) is 10.3. The molecule has 1 N–H and O–H groups in total. The summed E-state index contributed by atoms with van der Waals surface area (Å²) in [6, 6.07) is 1.94. The number of rotatable bonds is 6. The third kappa shape index (κ3) is 4.63. The van der Waals surface area contributed by atoms with Gasteiger partial charge in [0.05, 0.1) is 11.1 Å². The molecule has 0 aliphatic heterocycles. The summed E-state index contributed by atoms with van der Waals surface area (Å²) in [4.78, 5) is 3.94. The Labute approximate surface area is 96.3 Å². The Morgan fingerprint density at radius 1 is 1.47 bits per heavy atom. The first-order valence-corrected chi connectivity index (χ1v) is 5.88. The van der Waals surface area contributed by atoms with Crippen molar-refractivity contribution in [3.8, 4) is 0 Å². The number of halogens is 1. The van der Waals surface area contributed by atoms with E-state index in [9.17, 15) is 5.11 Å². The molecule has 0 aliphatic carbocycles. The van der Waals surface area contributed by atoms with Gasteiger partial charge in [-0.15, -0.1) is 0 Å². The SMILES string of the molecule is CCCC(O)CCCc1ccncc1Cl. The molecule has 15 heavy (non-hydrogen) atoms. The molecule has 1 unspecified atom stereocenters. The lowest BCUT2D eigenvalue weighted by atomic mass is 10.0. The molecule has 2 nitrogen and oxygen atoms in total. The van der Waals surface area contributed by atoms with Crippen molar-refractivity contribution in [1.29, 1.82) is 0 Å². The van der Waals surface area contributed by atoms with E-state index in [0.29, 0.717) is 0 Å². The van der Waals surface area contributed by atoms with Crippen molar-refractivity contribution in [3.05, 3.63) is 29.0 Å². The minimum atomic E-state index is -0.157. The fraction of sp³-hybridized carbons (Fsp3) is 0.583. The molecule has 0 spiro atoms. The maximum atomic E-state index is 9.55. The van der Waals surface area contributed by atoms with Gasteiger partial charge >= 0.3 is 0 Å². The van der Waals surface area contributed by atoms with Crippen molar-refractivity contribution < 1.29 is 5.11 Å². The van der Waals surface area contributed by atoms with E-state index < -0.39 is 0 Å². The van der Waals surface area contributed by atoms with Gasteiger partial charge in [0, 0.05) is 12.4 Å². The van der Waals surface area contributed by atoms with Gasteiger partial charge in [-0.1, -0.05) is 24.9 Å². The van der Waals surface area contributed by atoms with Gasteiger partial charge < -0.3 is 5.11 Å². The lowest BCUT2D eigenvalue weighted by molar-refractivity contribution is 0.151. The second-order valence-corrected chi connectivity index (χ2v) is 4.21. The van der Waals surface area contributed by atoms with E-state index in [1.165, 1.54) is 0 Å². The zero-order valence-corrected chi connectivity index (χ0v) is 9.87. The lowest BCUT2D eigenvalue weighted by Crippen LogP contribution is -2.05. The van der Waals surface area contributed by atoms with Crippen molar-refractivity contribution in [2.24, 2.45) is 0 Å². The van der Waals surface area contributed by atoms with E-state index in [0.717, 1.165) is 42.7 Å². The molecule has 0 saturated heterocycles. The third-order valence-corrected chi connectivity index (χ3v) is 2.80. The van der Waals surface area contributed by atoms with Gasteiger partial charge in [0.25, 0.3) is 0 Å². The standard InChI is InChI=1S/C12H18ClNO/c1-2-4-11(15)6-3-5-10-7-8-14-9-12(10)13/h7-9,11,15H,2-6H2,1H3. The fourth-order valence-electron chi connectivity index (χ4n) is 1.61. The molecule has 1 atom stereocenters. The van der Waals surface area contributed by atoms with Gasteiger partial charge in [0.1, 0.15) is 0 Å². The van der Waals surface area contributed by atoms with E-state index >= 15 is 0 Å². The number of pyridine rings is 1. The summed E-state index contributed by atoms with van der Waals surface area (Å²) in [5.41, 5.74) is 1.12. The second-order valence-electron chi connectivity index (χ2n) is 3.80. The summed E-state index contributed by atoms with van der Waals surface area (Å²) in [5.74, 6) is 0. The van der Waals surface area contributed by atoms with E-state index in [-0.39, 0.29) is 6.10 Å². The number of aromatic nitrogens is 1. The molecule has 0 radical (unpaired) electrons. The Kier molecular flexibility index (Phi) is 5.66. The Bertz CT molecular complexity index is 291. The molecule has 3 heteroatoms. The molecule has 0 aromatic carbocycles. The molecule has 1 aromatic heterocycles. The Hall–Kier alpha value is -0.600. The average molecular weight is 228 g/mol. The third-order valence-electron chi connectivity index (χ3n) is 2.46. The molecule has 0 saturated carbocycles. The number of nitrogens with zero attached hydrogens (tertiary/aromatic N) is 1. The number of aliphatic hydroxyl groups is 1. The second kappa shape index (κ2) is 6.81. The highest BCUT2D eigenvalue weighted by Gasteiger charge is 2.04. The molecular weight excluding hydrogens is 210 g/mol. The topological polar surface area (TPSA) is 33.1 Å². The molecule has 1 aromatic rings. The van der Waals surface area contributed by atoms with Crippen LogP contribution in [-0.2, 0) is 6.42 Å². The summed E-state index contributed by atoms with van der Waals surface area (Å²) in [6.07, 6.45) is 7.94. The van der Waals surface area contributed by atoms with Crippen LogP contribution in [0.25, 0.3) is 0 Å². The van der Waals surface area contributed by atoms with Crippen LogP contribution in [0.4, 0.5) is 0 Å². The summed E-state index contributed by atoms with van der Waals surface area (Å²) < 4.78 is 0. The quantitative estimate of drug-likeness (QED) is 0.810. The minimum Gasteiger partial charge on any atom is -0.393 e. The molecule has 1 heterocycles. The number of hydrogen-bond acceptors (Lipinski definition) is 2. The van der Waals surface area contributed by atoms with E-state index in [1.54, 1.807) is 12.4 Å². The first kappa shape index (κ1) is 12.5. The fourth-order valence-corrected chi connectivity index (χ4v) is 1.83. The maximum Gasteiger partial charge on any atom is 0.0621 e. The summed E-state index contributed by atoms with van der Waals surface area (Å²) >= 11 is 5.98. The largest absolute Gasteiger partial charge is 0.393 e. The summed E-state index contributed by atoms with van der Waals surface area (Å²) in [7, 11) is 0. The molecule has 0 amide bonds. The van der Waals surface area contributed by atoms with Gasteiger partial charge in [0.15, 0.2) is 0 Å². The van der Waals surface area contributed by atoms with Crippen LogP contribution in [0.5, 0.6) is 0 Å². The first-order valence-electron chi connectivity index (χ1n) is 5.50. The van der Waals surface area contributed by atoms with Crippen LogP contribution >= 0.6 is 11.6 Å².